The minimum absolute atomic E-state index is 0.0362. The molecule has 1 atom stereocenters. The Bertz CT molecular complexity index is 567. The fraction of sp³-hybridized carbons (Fsp3) is 0.333. The first-order valence-electron chi connectivity index (χ1n) is 6.31. The summed E-state index contributed by atoms with van der Waals surface area (Å²) in [6.07, 6.45) is 2.51. The SMILES string of the molecule is COc1cccc(Cc2ncc(C(C)N)c(C)n2)c1. The molecule has 4 nitrogen and oxygen atoms in total. The number of hydrogen-bond donors (Lipinski definition) is 1. The van der Waals surface area contributed by atoms with Crippen molar-refractivity contribution in [3.8, 4) is 5.75 Å². The summed E-state index contributed by atoms with van der Waals surface area (Å²) in [6.45, 7) is 3.91. The highest BCUT2D eigenvalue weighted by atomic mass is 16.5. The lowest BCUT2D eigenvalue weighted by Crippen LogP contribution is -2.10. The third-order valence-electron chi connectivity index (χ3n) is 3.05. The van der Waals surface area contributed by atoms with Crippen LogP contribution in [0.4, 0.5) is 0 Å². The molecule has 0 aliphatic rings. The first kappa shape index (κ1) is 13.5. The van der Waals surface area contributed by atoms with Gasteiger partial charge in [-0.05, 0) is 31.5 Å². The van der Waals surface area contributed by atoms with E-state index in [9.17, 15) is 0 Å². The minimum Gasteiger partial charge on any atom is -0.497 e. The molecule has 1 heterocycles. The van der Waals surface area contributed by atoms with Crippen molar-refractivity contribution < 1.29 is 4.74 Å². The molecule has 2 rings (SSSR count). The molecule has 2 N–H and O–H groups in total. The summed E-state index contributed by atoms with van der Waals surface area (Å²) in [5, 5.41) is 0. The van der Waals surface area contributed by atoms with Crippen LogP contribution < -0.4 is 10.5 Å². The molecule has 0 aliphatic carbocycles. The van der Waals surface area contributed by atoms with Crippen molar-refractivity contribution in [3.63, 3.8) is 0 Å². The van der Waals surface area contributed by atoms with E-state index in [-0.39, 0.29) is 6.04 Å². The van der Waals surface area contributed by atoms with Crippen LogP contribution in [-0.4, -0.2) is 17.1 Å². The number of aromatic nitrogens is 2. The number of hydrogen-bond acceptors (Lipinski definition) is 4. The summed E-state index contributed by atoms with van der Waals surface area (Å²) in [7, 11) is 1.66. The van der Waals surface area contributed by atoms with Crippen molar-refractivity contribution in [2.45, 2.75) is 26.3 Å². The van der Waals surface area contributed by atoms with Gasteiger partial charge in [-0.3, -0.25) is 0 Å². The third kappa shape index (κ3) is 3.29. The molecule has 0 amide bonds. The van der Waals surface area contributed by atoms with Crippen LogP contribution in [0.25, 0.3) is 0 Å². The highest BCUT2D eigenvalue weighted by molar-refractivity contribution is 5.30. The van der Waals surface area contributed by atoms with E-state index in [0.29, 0.717) is 6.42 Å². The van der Waals surface area contributed by atoms with Gasteiger partial charge in [0.2, 0.25) is 0 Å². The minimum atomic E-state index is -0.0362. The lowest BCUT2D eigenvalue weighted by atomic mass is 10.1. The molecular formula is C15H19N3O. The molecule has 0 bridgehead atoms. The summed E-state index contributed by atoms with van der Waals surface area (Å²) in [6, 6.07) is 7.90. The molecule has 1 unspecified atom stereocenters. The Hall–Kier alpha value is -1.94. The van der Waals surface area contributed by atoms with E-state index >= 15 is 0 Å². The van der Waals surface area contributed by atoms with E-state index in [2.05, 4.69) is 9.97 Å². The first-order chi connectivity index (χ1) is 9.10. The number of nitrogens with two attached hydrogens (primary N) is 1. The zero-order valence-electron chi connectivity index (χ0n) is 11.6. The molecule has 0 spiro atoms. The second-order valence-corrected chi connectivity index (χ2v) is 4.64. The molecule has 0 fully saturated rings. The van der Waals surface area contributed by atoms with Crippen LogP contribution in [0.5, 0.6) is 5.75 Å². The zero-order valence-corrected chi connectivity index (χ0v) is 11.6. The van der Waals surface area contributed by atoms with E-state index in [1.807, 2.05) is 44.3 Å². The van der Waals surface area contributed by atoms with Crippen LogP contribution in [0.2, 0.25) is 0 Å². The van der Waals surface area contributed by atoms with Gasteiger partial charge < -0.3 is 10.5 Å². The topological polar surface area (TPSA) is 61.0 Å². The van der Waals surface area contributed by atoms with Gasteiger partial charge in [0.1, 0.15) is 11.6 Å². The van der Waals surface area contributed by atoms with Gasteiger partial charge in [0.25, 0.3) is 0 Å². The average molecular weight is 257 g/mol. The predicted octanol–water partition coefficient (Wildman–Crippen LogP) is 2.40. The van der Waals surface area contributed by atoms with Crippen molar-refractivity contribution in [1.82, 2.24) is 9.97 Å². The molecule has 0 aliphatic heterocycles. The van der Waals surface area contributed by atoms with Crippen LogP contribution >= 0.6 is 0 Å². The Morgan fingerprint density at radius 2 is 2.16 bits per heavy atom. The van der Waals surface area contributed by atoms with Crippen LogP contribution in [0.3, 0.4) is 0 Å². The molecule has 0 saturated carbocycles. The van der Waals surface area contributed by atoms with Gasteiger partial charge in [0, 0.05) is 29.9 Å². The molecule has 1 aromatic heterocycles. The fourth-order valence-electron chi connectivity index (χ4n) is 2.02. The van der Waals surface area contributed by atoms with Crippen molar-refractivity contribution in [1.29, 1.82) is 0 Å². The lowest BCUT2D eigenvalue weighted by Gasteiger charge is -2.10. The third-order valence-corrected chi connectivity index (χ3v) is 3.05. The number of methoxy groups -OCH3 is 1. The fourth-order valence-corrected chi connectivity index (χ4v) is 2.02. The highest BCUT2D eigenvalue weighted by Gasteiger charge is 2.08. The van der Waals surface area contributed by atoms with Crippen molar-refractivity contribution in [2.24, 2.45) is 5.73 Å². The Kier molecular flexibility index (Phi) is 4.12. The van der Waals surface area contributed by atoms with E-state index in [4.69, 9.17) is 10.5 Å². The molecule has 1 aromatic carbocycles. The maximum Gasteiger partial charge on any atom is 0.132 e. The second-order valence-electron chi connectivity index (χ2n) is 4.64. The molecule has 2 aromatic rings. The van der Waals surface area contributed by atoms with E-state index in [0.717, 1.165) is 28.4 Å². The Labute approximate surface area is 113 Å². The largest absolute Gasteiger partial charge is 0.497 e. The maximum absolute atomic E-state index is 5.86. The second kappa shape index (κ2) is 5.80. The van der Waals surface area contributed by atoms with Gasteiger partial charge >= 0.3 is 0 Å². The quantitative estimate of drug-likeness (QED) is 0.913. The lowest BCUT2D eigenvalue weighted by molar-refractivity contribution is 0.414. The van der Waals surface area contributed by atoms with E-state index < -0.39 is 0 Å². The molecule has 0 radical (unpaired) electrons. The van der Waals surface area contributed by atoms with Crippen LogP contribution in [0, 0.1) is 6.92 Å². The van der Waals surface area contributed by atoms with Crippen LogP contribution in [-0.2, 0) is 6.42 Å². The molecular weight excluding hydrogens is 238 g/mol. The number of nitrogens with zero attached hydrogens (tertiary/aromatic N) is 2. The van der Waals surface area contributed by atoms with Crippen LogP contribution in [0.15, 0.2) is 30.5 Å². The molecule has 0 saturated heterocycles. The van der Waals surface area contributed by atoms with Gasteiger partial charge in [-0.25, -0.2) is 9.97 Å². The van der Waals surface area contributed by atoms with Crippen LogP contribution in [0.1, 0.15) is 35.6 Å². The first-order valence-corrected chi connectivity index (χ1v) is 6.31. The van der Waals surface area contributed by atoms with E-state index in [1.54, 1.807) is 7.11 Å². The highest BCUT2D eigenvalue weighted by Crippen LogP contribution is 2.16. The number of ether oxygens (including phenoxy) is 1. The Morgan fingerprint density at radius 1 is 1.37 bits per heavy atom. The predicted molar refractivity (Wildman–Crippen MR) is 75.2 cm³/mol. The summed E-state index contributed by atoms with van der Waals surface area (Å²) in [4.78, 5) is 8.89. The molecule has 19 heavy (non-hydrogen) atoms. The van der Waals surface area contributed by atoms with E-state index in [1.165, 1.54) is 0 Å². The van der Waals surface area contributed by atoms with Gasteiger partial charge in [-0.1, -0.05) is 12.1 Å². The van der Waals surface area contributed by atoms with Crippen molar-refractivity contribution in [2.75, 3.05) is 7.11 Å². The number of rotatable bonds is 4. The van der Waals surface area contributed by atoms with Gasteiger partial charge in [0.15, 0.2) is 0 Å². The van der Waals surface area contributed by atoms with Crippen molar-refractivity contribution >= 4 is 0 Å². The number of aryl methyl sites for hydroxylation is 1. The smallest absolute Gasteiger partial charge is 0.132 e. The van der Waals surface area contributed by atoms with Gasteiger partial charge in [-0.15, -0.1) is 0 Å². The summed E-state index contributed by atoms with van der Waals surface area (Å²) in [5.74, 6) is 1.65. The zero-order chi connectivity index (χ0) is 13.8. The Morgan fingerprint density at radius 3 is 2.79 bits per heavy atom. The molecule has 100 valence electrons. The monoisotopic (exact) mass is 257 g/mol. The number of benzene rings is 1. The van der Waals surface area contributed by atoms with Crippen molar-refractivity contribution in [3.05, 3.63) is 53.1 Å². The normalized spacial score (nSPS) is 12.2. The van der Waals surface area contributed by atoms with Gasteiger partial charge in [0.05, 0.1) is 7.11 Å². The van der Waals surface area contributed by atoms with Gasteiger partial charge in [-0.2, -0.15) is 0 Å². The summed E-state index contributed by atoms with van der Waals surface area (Å²) >= 11 is 0. The maximum atomic E-state index is 5.86. The summed E-state index contributed by atoms with van der Waals surface area (Å²) in [5.41, 5.74) is 8.93. The standard InChI is InChI=1S/C15H19N3O/c1-10(16)14-9-17-15(18-11(14)2)8-12-5-4-6-13(7-12)19-3/h4-7,9-10H,8,16H2,1-3H3. The Balaban J connectivity index is 2.21. The average Bonchev–Trinajstić information content (AvgIpc) is 2.38. The summed E-state index contributed by atoms with van der Waals surface area (Å²) < 4.78 is 5.21. The molecule has 4 heteroatoms.